The molecule has 4 nitrogen and oxygen atoms in total. The zero-order chi connectivity index (χ0) is 10.8. The lowest BCUT2D eigenvalue weighted by Gasteiger charge is -1.99. The van der Waals surface area contributed by atoms with Crippen molar-refractivity contribution in [2.75, 3.05) is 18.4 Å². The first-order valence-corrected chi connectivity index (χ1v) is 5.58. The maximum absolute atomic E-state index is 5.45. The van der Waals surface area contributed by atoms with Crippen molar-refractivity contribution < 1.29 is 0 Å². The van der Waals surface area contributed by atoms with Crippen molar-refractivity contribution in [2.24, 2.45) is 12.8 Å². The Morgan fingerprint density at radius 3 is 3.07 bits per heavy atom. The Morgan fingerprint density at radius 2 is 2.33 bits per heavy atom. The maximum atomic E-state index is 5.45. The third-order valence-electron chi connectivity index (χ3n) is 2.25. The lowest BCUT2D eigenvalue weighted by atomic mass is 10.2. The van der Waals surface area contributed by atoms with E-state index in [1.165, 1.54) is 0 Å². The van der Waals surface area contributed by atoms with Crippen molar-refractivity contribution in [3.8, 4) is 0 Å². The minimum absolute atomic E-state index is 0.606. The van der Waals surface area contributed by atoms with E-state index in [0.717, 1.165) is 27.7 Å². The van der Waals surface area contributed by atoms with E-state index < -0.39 is 0 Å². The van der Waals surface area contributed by atoms with Crippen LogP contribution < -0.4 is 11.1 Å². The fraction of sp³-hybridized carbons (Fsp3) is 0.300. The van der Waals surface area contributed by atoms with E-state index in [1.54, 1.807) is 0 Å². The normalized spacial score (nSPS) is 10.9. The molecule has 0 amide bonds. The molecule has 15 heavy (non-hydrogen) atoms. The summed E-state index contributed by atoms with van der Waals surface area (Å²) in [5.41, 5.74) is 6.55. The van der Waals surface area contributed by atoms with E-state index in [9.17, 15) is 0 Å². The Balaban J connectivity index is 2.48. The van der Waals surface area contributed by atoms with Gasteiger partial charge in [0, 0.05) is 30.0 Å². The summed E-state index contributed by atoms with van der Waals surface area (Å²) in [4.78, 5) is 0. The lowest BCUT2D eigenvalue weighted by molar-refractivity contribution is 0.796. The van der Waals surface area contributed by atoms with Crippen molar-refractivity contribution in [3.05, 3.63) is 22.7 Å². The van der Waals surface area contributed by atoms with Gasteiger partial charge >= 0.3 is 0 Å². The average molecular weight is 269 g/mol. The average Bonchev–Trinajstić information content (AvgIpc) is 2.53. The van der Waals surface area contributed by atoms with Crippen LogP contribution in [0, 0.1) is 0 Å². The Bertz CT molecular complexity index is 477. The highest BCUT2D eigenvalue weighted by Gasteiger charge is 2.07. The molecule has 0 aliphatic rings. The number of benzene rings is 1. The van der Waals surface area contributed by atoms with Gasteiger partial charge in [0.2, 0.25) is 0 Å². The topological polar surface area (TPSA) is 55.9 Å². The largest absolute Gasteiger partial charge is 0.367 e. The van der Waals surface area contributed by atoms with Crippen molar-refractivity contribution in [3.63, 3.8) is 0 Å². The van der Waals surface area contributed by atoms with Gasteiger partial charge in [0.05, 0.1) is 5.52 Å². The molecule has 1 aromatic carbocycles. The van der Waals surface area contributed by atoms with Crippen LogP contribution in [-0.4, -0.2) is 22.9 Å². The van der Waals surface area contributed by atoms with Gasteiger partial charge in [-0.3, -0.25) is 4.68 Å². The van der Waals surface area contributed by atoms with E-state index in [1.807, 2.05) is 23.9 Å². The quantitative estimate of drug-likeness (QED) is 0.891. The summed E-state index contributed by atoms with van der Waals surface area (Å²) < 4.78 is 2.92. The monoisotopic (exact) mass is 268 g/mol. The van der Waals surface area contributed by atoms with Crippen molar-refractivity contribution in [1.29, 1.82) is 0 Å². The summed E-state index contributed by atoms with van der Waals surface area (Å²) in [5, 5.41) is 8.72. The third-order valence-corrected chi connectivity index (χ3v) is 2.74. The van der Waals surface area contributed by atoms with Crippen molar-refractivity contribution >= 4 is 32.7 Å². The van der Waals surface area contributed by atoms with Crippen LogP contribution >= 0.6 is 15.9 Å². The van der Waals surface area contributed by atoms with E-state index in [4.69, 9.17) is 5.73 Å². The van der Waals surface area contributed by atoms with Gasteiger partial charge in [-0.25, -0.2) is 0 Å². The minimum Gasteiger partial charge on any atom is -0.367 e. The zero-order valence-corrected chi connectivity index (χ0v) is 10.1. The van der Waals surface area contributed by atoms with Gasteiger partial charge in [-0.15, -0.1) is 0 Å². The van der Waals surface area contributed by atoms with Gasteiger partial charge in [-0.2, -0.15) is 5.10 Å². The molecule has 5 heteroatoms. The fourth-order valence-corrected chi connectivity index (χ4v) is 1.90. The van der Waals surface area contributed by atoms with Crippen molar-refractivity contribution in [1.82, 2.24) is 9.78 Å². The highest BCUT2D eigenvalue weighted by Crippen LogP contribution is 2.25. The van der Waals surface area contributed by atoms with Gasteiger partial charge in [0.1, 0.15) is 0 Å². The Labute approximate surface area is 96.6 Å². The van der Waals surface area contributed by atoms with Crippen LogP contribution in [0.5, 0.6) is 0 Å². The first kappa shape index (κ1) is 10.4. The predicted octanol–water partition coefficient (Wildman–Crippen LogP) is 1.71. The van der Waals surface area contributed by atoms with Crippen LogP contribution in [-0.2, 0) is 7.05 Å². The molecule has 0 saturated carbocycles. The molecule has 0 spiro atoms. The first-order valence-electron chi connectivity index (χ1n) is 4.78. The second-order valence-electron chi connectivity index (χ2n) is 3.35. The third kappa shape index (κ3) is 1.98. The molecule has 0 aliphatic heterocycles. The molecule has 3 N–H and O–H groups in total. The Morgan fingerprint density at radius 1 is 1.53 bits per heavy atom. The van der Waals surface area contributed by atoms with Gasteiger partial charge in [0.15, 0.2) is 5.82 Å². The molecule has 0 aliphatic carbocycles. The van der Waals surface area contributed by atoms with Gasteiger partial charge in [0.25, 0.3) is 0 Å². The number of rotatable bonds is 3. The number of halogens is 1. The molecular weight excluding hydrogens is 256 g/mol. The molecule has 2 aromatic rings. The Hall–Kier alpha value is -1.07. The lowest BCUT2D eigenvalue weighted by Crippen LogP contribution is -2.13. The zero-order valence-electron chi connectivity index (χ0n) is 8.50. The number of hydrogen-bond donors (Lipinski definition) is 2. The molecular formula is C10H13BrN4. The number of nitrogens with two attached hydrogens (primary N) is 1. The SMILES string of the molecule is Cn1nc(NCCN)c2ccc(Br)cc21. The molecule has 0 atom stereocenters. The summed E-state index contributed by atoms with van der Waals surface area (Å²) in [5.74, 6) is 0.894. The number of nitrogens with zero attached hydrogens (tertiary/aromatic N) is 2. The van der Waals surface area contributed by atoms with Crippen LogP contribution in [0.3, 0.4) is 0 Å². The van der Waals surface area contributed by atoms with Gasteiger partial charge < -0.3 is 11.1 Å². The summed E-state index contributed by atoms with van der Waals surface area (Å²) in [6.07, 6.45) is 0. The number of nitrogens with one attached hydrogen (secondary N) is 1. The number of aromatic nitrogens is 2. The summed E-state index contributed by atoms with van der Waals surface area (Å²) in [7, 11) is 1.93. The molecule has 2 rings (SSSR count). The number of fused-ring (bicyclic) bond motifs is 1. The van der Waals surface area contributed by atoms with Crippen LogP contribution in [0.15, 0.2) is 22.7 Å². The highest BCUT2D eigenvalue weighted by molar-refractivity contribution is 9.10. The molecule has 80 valence electrons. The van der Waals surface area contributed by atoms with Gasteiger partial charge in [-0.05, 0) is 18.2 Å². The number of anilines is 1. The maximum Gasteiger partial charge on any atom is 0.156 e. The summed E-state index contributed by atoms with van der Waals surface area (Å²) in [6.45, 7) is 1.34. The summed E-state index contributed by atoms with van der Waals surface area (Å²) in [6, 6.07) is 6.11. The molecule has 1 heterocycles. The molecule has 0 radical (unpaired) electrons. The molecule has 0 unspecified atom stereocenters. The van der Waals surface area contributed by atoms with Crippen LogP contribution in [0.4, 0.5) is 5.82 Å². The molecule has 0 bridgehead atoms. The number of aryl methyl sites for hydroxylation is 1. The fourth-order valence-electron chi connectivity index (χ4n) is 1.55. The molecule has 0 saturated heterocycles. The molecule has 0 fully saturated rings. The second-order valence-corrected chi connectivity index (χ2v) is 4.26. The second kappa shape index (κ2) is 4.20. The van der Waals surface area contributed by atoms with Gasteiger partial charge in [-0.1, -0.05) is 15.9 Å². The van der Waals surface area contributed by atoms with Crippen LogP contribution in [0.25, 0.3) is 10.9 Å². The standard InChI is InChI=1S/C10H13BrN4/c1-15-9-6-7(11)2-3-8(9)10(14-15)13-5-4-12/h2-3,6H,4-5,12H2,1H3,(H,13,14). The van der Waals surface area contributed by atoms with E-state index in [2.05, 4.69) is 32.4 Å². The van der Waals surface area contributed by atoms with E-state index in [-0.39, 0.29) is 0 Å². The highest BCUT2D eigenvalue weighted by atomic mass is 79.9. The first-order chi connectivity index (χ1) is 7.22. The number of hydrogen-bond acceptors (Lipinski definition) is 3. The molecule has 1 aromatic heterocycles. The van der Waals surface area contributed by atoms with Crippen molar-refractivity contribution in [2.45, 2.75) is 0 Å². The minimum atomic E-state index is 0.606. The summed E-state index contributed by atoms with van der Waals surface area (Å²) >= 11 is 3.45. The van der Waals surface area contributed by atoms with E-state index >= 15 is 0 Å². The smallest absolute Gasteiger partial charge is 0.156 e. The van der Waals surface area contributed by atoms with Crippen LogP contribution in [0.2, 0.25) is 0 Å². The Kier molecular flexibility index (Phi) is 2.93. The van der Waals surface area contributed by atoms with E-state index in [0.29, 0.717) is 6.54 Å². The van der Waals surface area contributed by atoms with Crippen LogP contribution in [0.1, 0.15) is 0 Å². The predicted molar refractivity (Wildman–Crippen MR) is 66.0 cm³/mol.